The second kappa shape index (κ2) is 8.08. The van der Waals surface area contributed by atoms with Gasteiger partial charge in [-0.3, -0.25) is 9.89 Å². The minimum atomic E-state index is -0.613. The fraction of sp³-hybridized carbons (Fsp3) is 0.261. The number of H-pyrrole nitrogens is 1. The lowest BCUT2D eigenvalue weighted by molar-refractivity contribution is 0.145. The number of methoxy groups -OCH3 is 1. The number of hydrogen-bond acceptors (Lipinski definition) is 6. The van der Waals surface area contributed by atoms with Crippen molar-refractivity contribution in [1.82, 2.24) is 20.0 Å². The van der Waals surface area contributed by atoms with Gasteiger partial charge in [0.15, 0.2) is 5.82 Å². The molecule has 3 heterocycles. The minimum absolute atomic E-state index is 0.0466. The van der Waals surface area contributed by atoms with Crippen LogP contribution in [0.2, 0.25) is 0 Å². The number of anilines is 1. The maximum Gasteiger partial charge on any atom is 0.273 e. The fourth-order valence-electron chi connectivity index (χ4n) is 4.09. The average molecular weight is 435 g/mol. The van der Waals surface area contributed by atoms with Gasteiger partial charge in [0.1, 0.15) is 22.6 Å². The van der Waals surface area contributed by atoms with Crippen molar-refractivity contribution in [2.24, 2.45) is 0 Å². The first-order valence-electron chi connectivity index (χ1n) is 10.4. The zero-order chi connectivity index (χ0) is 22.2. The first-order valence-corrected chi connectivity index (χ1v) is 10.4. The molecule has 2 N–H and O–H groups in total. The summed E-state index contributed by atoms with van der Waals surface area (Å²) in [5.41, 5.74) is 2.76. The summed E-state index contributed by atoms with van der Waals surface area (Å²) in [6, 6.07) is 13.6. The van der Waals surface area contributed by atoms with Crippen molar-refractivity contribution in [3.8, 4) is 22.7 Å². The third-order valence-electron chi connectivity index (χ3n) is 5.77. The summed E-state index contributed by atoms with van der Waals surface area (Å²) in [5.74, 6) is -0.407. The Kier molecular flexibility index (Phi) is 5.10. The zero-order valence-corrected chi connectivity index (χ0v) is 17.5. The van der Waals surface area contributed by atoms with Crippen molar-refractivity contribution in [2.45, 2.75) is 18.9 Å². The maximum atomic E-state index is 14.6. The molecule has 5 rings (SSSR count). The number of nitrogens with zero attached hydrogens (tertiary/aromatic N) is 4. The number of aliphatic hydroxyl groups excluding tert-OH is 1. The molecule has 1 aliphatic heterocycles. The van der Waals surface area contributed by atoms with Gasteiger partial charge < -0.3 is 14.7 Å². The van der Waals surface area contributed by atoms with Crippen LogP contribution in [0, 0.1) is 5.82 Å². The molecular formula is C23H22FN5O3. The lowest BCUT2D eigenvalue weighted by Crippen LogP contribution is -2.35. The molecule has 1 saturated heterocycles. The molecule has 1 aliphatic rings. The van der Waals surface area contributed by atoms with E-state index in [-0.39, 0.29) is 17.5 Å². The van der Waals surface area contributed by atoms with Crippen LogP contribution in [0.15, 0.2) is 53.3 Å². The van der Waals surface area contributed by atoms with E-state index in [2.05, 4.69) is 20.2 Å². The summed E-state index contributed by atoms with van der Waals surface area (Å²) in [4.78, 5) is 14.9. The molecule has 2 aromatic heterocycles. The van der Waals surface area contributed by atoms with Crippen LogP contribution in [0.1, 0.15) is 12.8 Å². The maximum absolute atomic E-state index is 14.6. The molecule has 1 fully saturated rings. The molecule has 9 heteroatoms. The molecule has 0 unspecified atom stereocenters. The summed E-state index contributed by atoms with van der Waals surface area (Å²) in [6.45, 7) is 1.55. The van der Waals surface area contributed by atoms with E-state index in [1.807, 2.05) is 24.3 Å². The number of aliphatic hydroxyl groups is 1. The number of hydrogen-bond donors (Lipinski definition) is 2. The third kappa shape index (κ3) is 3.50. The van der Waals surface area contributed by atoms with E-state index >= 15 is 0 Å². The van der Waals surface area contributed by atoms with Gasteiger partial charge in [-0.25, -0.2) is 4.39 Å². The molecule has 32 heavy (non-hydrogen) atoms. The Morgan fingerprint density at radius 1 is 1.16 bits per heavy atom. The number of benzene rings is 2. The summed E-state index contributed by atoms with van der Waals surface area (Å²) in [7, 11) is 1.41. The number of aromatic amines is 1. The van der Waals surface area contributed by atoms with E-state index in [0.717, 1.165) is 41.9 Å². The predicted molar refractivity (Wildman–Crippen MR) is 119 cm³/mol. The van der Waals surface area contributed by atoms with Gasteiger partial charge in [-0.1, -0.05) is 18.2 Å². The molecule has 0 bridgehead atoms. The Bertz CT molecular complexity index is 1340. The summed E-state index contributed by atoms with van der Waals surface area (Å²) in [6.07, 6.45) is 1.21. The fourth-order valence-corrected chi connectivity index (χ4v) is 4.09. The first kappa shape index (κ1) is 20.2. The number of piperidine rings is 1. The molecule has 164 valence electrons. The van der Waals surface area contributed by atoms with Crippen molar-refractivity contribution in [3.05, 3.63) is 64.7 Å². The number of aromatic nitrogens is 4. The van der Waals surface area contributed by atoms with E-state index in [9.17, 15) is 14.3 Å². The molecular weight excluding hydrogens is 413 g/mol. The third-order valence-corrected chi connectivity index (χ3v) is 5.77. The topological polar surface area (TPSA) is 96.3 Å². The van der Waals surface area contributed by atoms with Crippen LogP contribution in [-0.4, -0.2) is 51.4 Å². The average Bonchev–Trinajstić information content (AvgIpc) is 3.21. The van der Waals surface area contributed by atoms with Crippen LogP contribution < -0.4 is 15.2 Å². The number of fused-ring (bicyclic) bond motifs is 1. The number of nitrogens with one attached hydrogen (secondary N) is 1. The smallest absolute Gasteiger partial charge is 0.273 e. The Hall–Kier alpha value is -3.72. The van der Waals surface area contributed by atoms with Crippen LogP contribution in [0.4, 0.5) is 10.1 Å². The summed E-state index contributed by atoms with van der Waals surface area (Å²) in [5, 5.41) is 21.5. The molecule has 4 aromatic rings. The lowest BCUT2D eigenvalue weighted by Gasteiger charge is -2.31. The highest BCUT2D eigenvalue weighted by molar-refractivity contribution is 5.89. The van der Waals surface area contributed by atoms with Gasteiger partial charge in [-0.15, -0.1) is 0 Å². The number of ether oxygens (including phenoxy) is 1. The van der Waals surface area contributed by atoms with E-state index < -0.39 is 11.4 Å². The van der Waals surface area contributed by atoms with Crippen molar-refractivity contribution in [3.63, 3.8) is 0 Å². The number of para-hydroxylation sites is 1. The van der Waals surface area contributed by atoms with Gasteiger partial charge in [0.25, 0.3) is 5.56 Å². The van der Waals surface area contributed by atoms with Gasteiger partial charge in [0, 0.05) is 30.4 Å². The van der Waals surface area contributed by atoms with Gasteiger partial charge in [-0.05, 0) is 37.1 Å². The van der Waals surface area contributed by atoms with Crippen molar-refractivity contribution < 1.29 is 14.2 Å². The van der Waals surface area contributed by atoms with Crippen LogP contribution in [0.5, 0.6) is 5.75 Å². The van der Waals surface area contributed by atoms with Crippen molar-refractivity contribution in [1.29, 1.82) is 0 Å². The van der Waals surface area contributed by atoms with Gasteiger partial charge in [0.05, 0.1) is 18.7 Å². The number of rotatable bonds is 4. The van der Waals surface area contributed by atoms with Crippen LogP contribution in [-0.2, 0) is 0 Å². The first-order chi connectivity index (χ1) is 15.5. The molecule has 0 aliphatic carbocycles. The van der Waals surface area contributed by atoms with E-state index in [1.54, 1.807) is 6.07 Å². The Morgan fingerprint density at radius 2 is 1.94 bits per heavy atom. The lowest BCUT2D eigenvalue weighted by atomic mass is 10.1. The van der Waals surface area contributed by atoms with Crippen molar-refractivity contribution >= 4 is 16.7 Å². The SMILES string of the molecule is COc1cccc(F)c1-n1nc2c(-c3cccc(N4CCC(O)CC4)c3)n[nH]c2cc1=O. The second-order valence-electron chi connectivity index (χ2n) is 7.79. The van der Waals surface area contributed by atoms with E-state index in [0.29, 0.717) is 16.7 Å². The highest BCUT2D eigenvalue weighted by Crippen LogP contribution is 2.30. The van der Waals surface area contributed by atoms with Gasteiger partial charge in [0.2, 0.25) is 0 Å². The predicted octanol–water partition coefficient (Wildman–Crippen LogP) is 2.88. The highest BCUT2D eigenvalue weighted by atomic mass is 19.1. The van der Waals surface area contributed by atoms with Gasteiger partial charge in [-0.2, -0.15) is 14.9 Å². The Labute approximate surface area is 182 Å². The molecule has 0 spiro atoms. The summed E-state index contributed by atoms with van der Waals surface area (Å²) < 4.78 is 20.9. The van der Waals surface area contributed by atoms with E-state index in [4.69, 9.17) is 4.74 Å². The number of halogens is 1. The summed E-state index contributed by atoms with van der Waals surface area (Å²) >= 11 is 0. The standard InChI is InChI=1S/C23H22FN5O3/c1-32-19-7-3-6-17(24)23(19)29-20(31)13-18-22(27-29)21(26-25-18)14-4-2-5-15(12-14)28-10-8-16(30)9-11-28/h2-7,12-13,16,25,30H,8-11H2,1H3. The quantitative estimate of drug-likeness (QED) is 0.512. The molecule has 2 aromatic carbocycles. The normalized spacial score (nSPS) is 14.8. The van der Waals surface area contributed by atoms with Crippen LogP contribution in [0.3, 0.4) is 0 Å². The molecule has 0 radical (unpaired) electrons. The van der Waals surface area contributed by atoms with Crippen molar-refractivity contribution in [2.75, 3.05) is 25.1 Å². The van der Waals surface area contributed by atoms with Crippen LogP contribution in [0.25, 0.3) is 28.0 Å². The largest absolute Gasteiger partial charge is 0.494 e. The van der Waals surface area contributed by atoms with E-state index in [1.165, 1.54) is 25.3 Å². The molecule has 0 amide bonds. The van der Waals surface area contributed by atoms with Crippen LogP contribution >= 0.6 is 0 Å². The minimum Gasteiger partial charge on any atom is -0.494 e. The molecule has 0 saturated carbocycles. The Balaban J connectivity index is 1.61. The molecule has 0 atom stereocenters. The Morgan fingerprint density at radius 3 is 2.72 bits per heavy atom. The van der Waals surface area contributed by atoms with Gasteiger partial charge >= 0.3 is 0 Å². The monoisotopic (exact) mass is 435 g/mol. The zero-order valence-electron chi connectivity index (χ0n) is 17.5. The highest BCUT2D eigenvalue weighted by Gasteiger charge is 2.20. The second-order valence-corrected chi connectivity index (χ2v) is 7.79. The molecule has 8 nitrogen and oxygen atoms in total.